The Hall–Kier alpha value is -4.76. The van der Waals surface area contributed by atoms with Crippen LogP contribution in [0.15, 0.2) is 134 Å². The maximum Gasteiger partial charge on any atom is 0.195 e. The van der Waals surface area contributed by atoms with E-state index in [1.54, 1.807) is 0 Å². The first-order valence-corrected chi connectivity index (χ1v) is 17.6. The zero-order valence-electron chi connectivity index (χ0n) is 29.9. The minimum atomic E-state index is 0.379. The van der Waals surface area contributed by atoms with Crippen LogP contribution in [0.4, 0.5) is 28.4 Å². The molecule has 3 heteroatoms. The highest BCUT2D eigenvalue weighted by Gasteiger charge is 2.37. The van der Waals surface area contributed by atoms with Crippen molar-refractivity contribution in [2.75, 3.05) is 14.7 Å². The monoisotopic (exact) mass is 632 g/mol. The van der Waals surface area contributed by atoms with Gasteiger partial charge in [-0.2, -0.15) is 0 Å². The summed E-state index contributed by atoms with van der Waals surface area (Å²) >= 11 is 0. The standard InChI is InChI=1S/C45H50N3/c1-31(2)39-21-15-22-40(32(3)4)43(39)46-29-30-47(44-41(33(5)6)23-16-24-42(44)34(7)8)45(46)35-25-27-38(28-26-35)48(36-17-11-9-12-18-36)37-19-13-10-14-20-37/h9-34H,1-8H3. The summed E-state index contributed by atoms with van der Waals surface area (Å²) in [5, 5.41) is 0. The maximum atomic E-state index is 2.47. The fraction of sp³-hybridized carbons (Fsp3) is 0.267. The van der Waals surface area contributed by atoms with E-state index in [1.807, 2.05) is 0 Å². The third-order valence-electron chi connectivity index (χ3n) is 9.40. The molecule has 1 aliphatic rings. The van der Waals surface area contributed by atoms with Gasteiger partial charge in [-0.15, -0.1) is 0 Å². The molecular formula is C45H50N3. The van der Waals surface area contributed by atoms with Gasteiger partial charge in [0.25, 0.3) is 0 Å². The Morgan fingerprint density at radius 1 is 0.375 bits per heavy atom. The lowest BCUT2D eigenvalue weighted by atomic mass is 9.90. The van der Waals surface area contributed by atoms with Gasteiger partial charge in [-0.25, -0.2) is 0 Å². The summed E-state index contributed by atoms with van der Waals surface area (Å²) in [5.41, 5.74) is 12.6. The molecule has 0 aliphatic carbocycles. The largest absolute Gasteiger partial charge is 0.314 e. The Morgan fingerprint density at radius 3 is 1.04 bits per heavy atom. The van der Waals surface area contributed by atoms with Gasteiger partial charge >= 0.3 is 0 Å². The Labute approximate surface area is 289 Å². The predicted octanol–water partition coefficient (Wildman–Crippen LogP) is 13.0. The van der Waals surface area contributed by atoms with E-state index in [0.717, 1.165) is 23.2 Å². The molecule has 0 unspecified atom stereocenters. The Bertz CT molecular complexity index is 1670. The third kappa shape index (κ3) is 6.39. The number of rotatable bonds is 10. The van der Waals surface area contributed by atoms with Crippen LogP contribution in [0.5, 0.6) is 0 Å². The van der Waals surface area contributed by atoms with Crippen LogP contribution in [-0.4, -0.2) is 0 Å². The van der Waals surface area contributed by atoms with Crippen LogP contribution >= 0.6 is 0 Å². The van der Waals surface area contributed by atoms with Gasteiger partial charge in [0.05, 0.1) is 11.4 Å². The molecule has 5 aromatic carbocycles. The molecule has 0 saturated heterocycles. The van der Waals surface area contributed by atoms with Gasteiger partial charge in [-0.05, 0) is 82.3 Å². The topological polar surface area (TPSA) is 9.72 Å². The second-order valence-electron chi connectivity index (χ2n) is 14.1. The smallest absolute Gasteiger partial charge is 0.195 e. The van der Waals surface area contributed by atoms with Crippen molar-refractivity contribution in [2.45, 2.75) is 79.1 Å². The maximum absolute atomic E-state index is 2.47. The lowest BCUT2D eigenvalue weighted by Crippen LogP contribution is -2.34. The molecule has 245 valence electrons. The SMILES string of the molecule is CC(C)c1cccc(C(C)C)c1N1C=CN(c2c(C(C)C)cccc2C(C)C)[C]1c1ccc(N(c2ccccc2)c2ccccc2)cc1. The molecule has 1 aliphatic heterocycles. The highest BCUT2D eigenvalue weighted by atomic mass is 15.4. The van der Waals surface area contributed by atoms with Crippen molar-refractivity contribution in [1.82, 2.24) is 0 Å². The van der Waals surface area contributed by atoms with E-state index in [-0.39, 0.29) is 0 Å². The van der Waals surface area contributed by atoms with E-state index in [0.29, 0.717) is 23.7 Å². The molecule has 3 nitrogen and oxygen atoms in total. The number of hydrogen-bond donors (Lipinski definition) is 0. The van der Waals surface area contributed by atoms with Crippen molar-refractivity contribution in [2.24, 2.45) is 0 Å². The summed E-state index contributed by atoms with van der Waals surface area (Å²) in [5.74, 6) is 1.52. The molecule has 0 saturated carbocycles. The van der Waals surface area contributed by atoms with Crippen LogP contribution in [0, 0.1) is 6.17 Å². The zero-order chi connectivity index (χ0) is 33.9. The van der Waals surface area contributed by atoms with Crippen molar-refractivity contribution in [3.63, 3.8) is 0 Å². The Morgan fingerprint density at radius 2 is 0.708 bits per heavy atom. The minimum absolute atomic E-state index is 0.379. The molecule has 0 N–H and O–H groups in total. The summed E-state index contributed by atoms with van der Waals surface area (Å²) in [4.78, 5) is 7.26. The summed E-state index contributed by atoms with van der Waals surface area (Å²) in [7, 11) is 0. The molecule has 1 heterocycles. The van der Waals surface area contributed by atoms with E-state index >= 15 is 0 Å². The van der Waals surface area contributed by atoms with Crippen LogP contribution < -0.4 is 14.7 Å². The Kier molecular flexibility index (Phi) is 9.78. The van der Waals surface area contributed by atoms with Gasteiger partial charge in [0.2, 0.25) is 0 Å². The van der Waals surface area contributed by atoms with Gasteiger partial charge < -0.3 is 14.7 Å². The van der Waals surface area contributed by atoms with Crippen molar-refractivity contribution in [1.29, 1.82) is 0 Å². The summed E-state index contributed by atoms with van der Waals surface area (Å²) in [6.45, 7) is 18.5. The first kappa shape index (κ1) is 33.2. The summed E-state index contributed by atoms with van der Waals surface area (Å²) < 4.78 is 0. The summed E-state index contributed by atoms with van der Waals surface area (Å²) in [6, 6.07) is 44.1. The molecule has 0 amide bonds. The van der Waals surface area contributed by atoms with Crippen LogP contribution in [0.2, 0.25) is 0 Å². The Balaban J connectivity index is 1.54. The first-order chi connectivity index (χ1) is 23.2. The van der Waals surface area contributed by atoms with Crippen LogP contribution in [-0.2, 0) is 0 Å². The van der Waals surface area contributed by atoms with E-state index in [1.165, 1.54) is 39.2 Å². The molecule has 0 fully saturated rings. The molecule has 0 aromatic heterocycles. The second-order valence-corrected chi connectivity index (χ2v) is 14.1. The third-order valence-corrected chi connectivity index (χ3v) is 9.40. The molecule has 6 rings (SSSR count). The normalized spacial score (nSPS) is 13.5. The second kappa shape index (κ2) is 14.2. The molecule has 0 atom stereocenters. The molecular weight excluding hydrogens is 583 g/mol. The summed E-state index contributed by atoms with van der Waals surface area (Å²) in [6.07, 6.45) is 5.74. The predicted molar refractivity (Wildman–Crippen MR) is 207 cm³/mol. The highest BCUT2D eigenvalue weighted by molar-refractivity contribution is 5.80. The van der Waals surface area contributed by atoms with E-state index in [4.69, 9.17) is 0 Å². The van der Waals surface area contributed by atoms with Crippen LogP contribution in [0.25, 0.3) is 0 Å². The number of anilines is 5. The number of nitrogens with zero attached hydrogens (tertiary/aromatic N) is 3. The van der Waals surface area contributed by atoms with Crippen LogP contribution in [0.3, 0.4) is 0 Å². The van der Waals surface area contributed by atoms with Crippen molar-refractivity contribution in [3.8, 4) is 0 Å². The molecule has 5 aromatic rings. The van der Waals surface area contributed by atoms with Gasteiger partial charge in [0.1, 0.15) is 0 Å². The van der Waals surface area contributed by atoms with Crippen molar-refractivity contribution in [3.05, 3.63) is 168 Å². The fourth-order valence-electron chi connectivity index (χ4n) is 6.97. The van der Waals surface area contributed by atoms with Crippen LogP contribution in [0.1, 0.15) is 107 Å². The zero-order valence-corrected chi connectivity index (χ0v) is 29.9. The molecule has 0 spiro atoms. The van der Waals surface area contributed by atoms with Gasteiger partial charge in [-0.1, -0.05) is 140 Å². The van der Waals surface area contributed by atoms with E-state index in [9.17, 15) is 0 Å². The molecule has 1 radical (unpaired) electrons. The average Bonchev–Trinajstić information content (AvgIpc) is 3.53. The van der Waals surface area contributed by atoms with Gasteiger partial charge in [-0.3, -0.25) is 0 Å². The quantitative estimate of drug-likeness (QED) is 0.152. The lowest BCUT2D eigenvalue weighted by Gasteiger charge is -2.37. The van der Waals surface area contributed by atoms with Gasteiger partial charge in [0, 0.05) is 35.0 Å². The average molecular weight is 633 g/mol. The van der Waals surface area contributed by atoms with Gasteiger partial charge in [0.15, 0.2) is 6.17 Å². The lowest BCUT2D eigenvalue weighted by molar-refractivity contribution is 0.804. The molecule has 48 heavy (non-hydrogen) atoms. The highest BCUT2D eigenvalue weighted by Crippen LogP contribution is 2.48. The number of para-hydroxylation sites is 4. The number of hydrogen-bond acceptors (Lipinski definition) is 3. The van der Waals surface area contributed by atoms with E-state index in [2.05, 4.69) is 204 Å². The minimum Gasteiger partial charge on any atom is -0.314 e. The fourth-order valence-corrected chi connectivity index (χ4v) is 6.97. The molecule has 0 bridgehead atoms. The van der Waals surface area contributed by atoms with Crippen molar-refractivity contribution < 1.29 is 0 Å². The van der Waals surface area contributed by atoms with Crippen molar-refractivity contribution >= 4 is 28.4 Å². The first-order valence-electron chi connectivity index (χ1n) is 17.6. The number of benzene rings is 5. The van der Waals surface area contributed by atoms with E-state index < -0.39 is 0 Å².